The van der Waals surface area contributed by atoms with Crippen molar-refractivity contribution in [3.8, 4) is 0 Å². The van der Waals surface area contributed by atoms with Crippen LogP contribution in [-0.4, -0.2) is 52.4 Å². The Labute approximate surface area is 127 Å². The van der Waals surface area contributed by atoms with Crippen LogP contribution in [0.1, 0.15) is 40.5 Å². The molecule has 20 heavy (non-hydrogen) atoms. The zero-order chi connectivity index (χ0) is 15.1. The van der Waals surface area contributed by atoms with E-state index in [0.717, 1.165) is 39.0 Å². The van der Waals surface area contributed by atoms with Gasteiger partial charge in [-0.05, 0) is 39.5 Å². The van der Waals surface area contributed by atoms with Crippen LogP contribution in [0.5, 0.6) is 0 Å². The van der Waals surface area contributed by atoms with E-state index < -0.39 is 5.41 Å². The fraction of sp³-hybridized carbons (Fsp3) is 0.867. The van der Waals surface area contributed by atoms with Gasteiger partial charge >= 0.3 is 0 Å². The number of thiocarbonyl (C=S) groups is 1. The first-order valence-corrected chi connectivity index (χ1v) is 7.92. The zero-order valence-corrected chi connectivity index (χ0v) is 13.9. The summed E-state index contributed by atoms with van der Waals surface area (Å²) in [5.74, 6) is 0.716. The lowest BCUT2D eigenvalue weighted by Gasteiger charge is -2.49. The van der Waals surface area contributed by atoms with Crippen LogP contribution in [0.3, 0.4) is 0 Å². The first-order chi connectivity index (χ1) is 9.17. The molecule has 0 aromatic rings. The summed E-state index contributed by atoms with van der Waals surface area (Å²) in [6.07, 6.45) is 1.64. The maximum Gasteiger partial charge on any atom is 0.235 e. The number of rotatable bonds is 2. The normalized spacial score (nSPS) is 31.8. The number of carbonyl (C=O) groups excluding carboxylic acids is 1. The first-order valence-electron chi connectivity index (χ1n) is 7.51. The molecule has 2 N–H and O–H groups in total. The van der Waals surface area contributed by atoms with Crippen molar-refractivity contribution in [2.75, 3.05) is 26.2 Å². The highest BCUT2D eigenvalue weighted by atomic mass is 32.1. The molecule has 2 fully saturated rings. The molecule has 114 valence electrons. The lowest BCUT2D eigenvalue weighted by atomic mass is 9.61. The van der Waals surface area contributed by atoms with Crippen molar-refractivity contribution in [1.29, 1.82) is 0 Å². The molecule has 1 amide bonds. The minimum Gasteiger partial charge on any atom is -0.392 e. The van der Waals surface area contributed by atoms with Gasteiger partial charge < -0.3 is 10.6 Å². The van der Waals surface area contributed by atoms with Crippen LogP contribution < -0.4 is 5.73 Å². The molecular weight excluding hydrogens is 270 g/mol. The van der Waals surface area contributed by atoms with Crippen LogP contribution >= 0.6 is 12.2 Å². The summed E-state index contributed by atoms with van der Waals surface area (Å²) >= 11 is 5.18. The summed E-state index contributed by atoms with van der Waals surface area (Å²) in [7, 11) is 0. The quantitative estimate of drug-likeness (QED) is 0.787. The number of hydrogen-bond donors (Lipinski definition) is 1. The van der Waals surface area contributed by atoms with Crippen LogP contribution in [0.15, 0.2) is 0 Å². The summed E-state index contributed by atoms with van der Waals surface area (Å²) in [5.41, 5.74) is 5.50. The summed E-state index contributed by atoms with van der Waals surface area (Å²) in [4.78, 5) is 17.6. The van der Waals surface area contributed by atoms with Gasteiger partial charge in [-0.1, -0.05) is 19.1 Å². The third-order valence-electron chi connectivity index (χ3n) is 4.79. The molecule has 0 bridgehead atoms. The molecule has 0 unspecified atom stereocenters. The van der Waals surface area contributed by atoms with Gasteiger partial charge in [0.2, 0.25) is 5.91 Å². The lowest BCUT2D eigenvalue weighted by molar-refractivity contribution is -0.146. The monoisotopic (exact) mass is 297 g/mol. The van der Waals surface area contributed by atoms with Gasteiger partial charge in [0.15, 0.2) is 0 Å². The van der Waals surface area contributed by atoms with Gasteiger partial charge in [0, 0.05) is 31.7 Å². The molecule has 4 nitrogen and oxygen atoms in total. The molecule has 5 heteroatoms. The number of nitrogens with zero attached hydrogens (tertiary/aromatic N) is 2. The second-order valence-electron chi connectivity index (χ2n) is 7.41. The lowest BCUT2D eigenvalue weighted by Crippen LogP contribution is -2.61. The molecule has 1 saturated carbocycles. The van der Waals surface area contributed by atoms with Crippen LogP contribution in [0.25, 0.3) is 0 Å². The van der Waals surface area contributed by atoms with E-state index >= 15 is 0 Å². The van der Waals surface area contributed by atoms with Crippen LogP contribution in [-0.2, 0) is 4.79 Å². The average molecular weight is 297 g/mol. The van der Waals surface area contributed by atoms with E-state index in [1.165, 1.54) is 0 Å². The third-order valence-corrected chi connectivity index (χ3v) is 5.18. The Morgan fingerprint density at radius 1 is 1.20 bits per heavy atom. The predicted molar refractivity (Wildman–Crippen MR) is 85.5 cm³/mol. The standard InChI is InChI=1S/C15H27N3OS/c1-11-9-15(10-11,12(16)20)13(19)17-5-7-18(8-6-17)14(2,3)4/h11H,5-10H2,1-4H3,(H2,16,20). The highest BCUT2D eigenvalue weighted by molar-refractivity contribution is 7.80. The first kappa shape index (κ1) is 15.7. The SMILES string of the molecule is CC1CC(C(=O)N2CCN(C(C)(C)C)CC2)(C(N)=S)C1. The Balaban J connectivity index is 2.00. The molecule has 1 aliphatic carbocycles. The minimum atomic E-state index is -0.543. The molecule has 1 heterocycles. The Hall–Kier alpha value is -0.680. The van der Waals surface area contributed by atoms with Crippen LogP contribution in [0.4, 0.5) is 0 Å². The van der Waals surface area contributed by atoms with Gasteiger partial charge in [0.1, 0.15) is 0 Å². The van der Waals surface area contributed by atoms with Crippen molar-refractivity contribution in [2.24, 2.45) is 17.1 Å². The molecular formula is C15H27N3OS. The number of hydrogen-bond acceptors (Lipinski definition) is 3. The van der Waals surface area contributed by atoms with Crippen molar-refractivity contribution in [3.63, 3.8) is 0 Å². The Kier molecular flexibility index (Phi) is 4.13. The number of amides is 1. The fourth-order valence-electron chi connectivity index (χ4n) is 3.49. The molecule has 2 rings (SSSR count). The van der Waals surface area contributed by atoms with E-state index in [0.29, 0.717) is 10.9 Å². The maximum atomic E-state index is 12.8. The predicted octanol–water partition coefficient (Wildman–Crippen LogP) is 1.63. The van der Waals surface area contributed by atoms with E-state index in [1.54, 1.807) is 0 Å². The number of nitrogens with two attached hydrogens (primary N) is 1. The van der Waals surface area contributed by atoms with Crippen molar-refractivity contribution < 1.29 is 4.79 Å². The summed E-state index contributed by atoms with van der Waals surface area (Å²) in [5, 5.41) is 0. The molecule has 1 aliphatic heterocycles. The van der Waals surface area contributed by atoms with Crippen LogP contribution in [0.2, 0.25) is 0 Å². The van der Waals surface area contributed by atoms with Gasteiger partial charge in [0.25, 0.3) is 0 Å². The van der Waals surface area contributed by atoms with E-state index in [1.807, 2.05) is 4.90 Å². The maximum absolute atomic E-state index is 12.8. The van der Waals surface area contributed by atoms with E-state index in [4.69, 9.17) is 18.0 Å². The van der Waals surface area contributed by atoms with E-state index in [9.17, 15) is 4.79 Å². The van der Waals surface area contributed by atoms with Crippen molar-refractivity contribution >= 4 is 23.1 Å². The van der Waals surface area contributed by atoms with Crippen molar-refractivity contribution in [1.82, 2.24) is 9.80 Å². The second kappa shape index (κ2) is 5.26. The number of carbonyl (C=O) groups is 1. The van der Waals surface area contributed by atoms with Gasteiger partial charge in [-0.25, -0.2) is 0 Å². The number of piperazine rings is 1. The molecule has 0 radical (unpaired) electrons. The van der Waals surface area contributed by atoms with E-state index in [2.05, 4.69) is 32.6 Å². The Morgan fingerprint density at radius 2 is 1.70 bits per heavy atom. The summed E-state index contributed by atoms with van der Waals surface area (Å²) < 4.78 is 0. The molecule has 1 saturated heterocycles. The third kappa shape index (κ3) is 2.70. The average Bonchev–Trinajstić information content (AvgIpc) is 2.32. The molecule has 2 aliphatic rings. The van der Waals surface area contributed by atoms with Crippen LogP contribution in [0, 0.1) is 11.3 Å². The summed E-state index contributed by atoms with van der Waals surface area (Å²) in [6.45, 7) is 12.2. The summed E-state index contributed by atoms with van der Waals surface area (Å²) in [6, 6.07) is 0. The molecule has 0 aromatic carbocycles. The van der Waals surface area contributed by atoms with Crippen molar-refractivity contribution in [3.05, 3.63) is 0 Å². The molecule has 0 spiro atoms. The highest BCUT2D eigenvalue weighted by Crippen LogP contribution is 2.47. The Bertz CT molecular complexity index is 402. The smallest absolute Gasteiger partial charge is 0.235 e. The fourth-order valence-corrected chi connectivity index (χ4v) is 3.75. The molecule has 0 atom stereocenters. The van der Waals surface area contributed by atoms with Gasteiger partial charge in [0.05, 0.1) is 10.4 Å². The second-order valence-corrected chi connectivity index (χ2v) is 7.85. The van der Waals surface area contributed by atoms with E-state index in [-0.39, 0.29) is 11.4 Å². The van der Waals surface area contributed by atoms with Gasteiger partial charge in [-0.2, -0.15) is 0 Å². The highest BCUT2D eigenvalue weighted by Gasteiger charge is 2.52. The zero-order valence-electron chi connectivity index (χ0n) is 13.1. The molecule has 0 aromatic heterocycles. The van der Waals surface area contributed by atoms with Gasteiger partial charge in [-0.3, -0.25) is 9.69 Å². The largest absolute Gasteiger partial charge is 0.392 e. The van der Waals surface area contributed by atoms with Gasteiger partial charge in [-0.15, -0.1) is 0 Å². The topological polar surface area (TPSA) is 49.6 Å². The minimum absolute atomic E-state index is 0.164. The Morgan fingerprint density at radius 3 is 2.05 bits per heavy atom. The van der Waals surface area contributed by atoms with Crippen molar-refractivity contribution in [2.45, 2.75) is 46.1 Å².